The van der Waals surface area contributed by atoms with Gasteiger partial charge < -0.3 is 9.64 Å². The predicted molar refractivity (Wildman–Crippen MR) is 102 cm³/mol. The summed E-state index contributed by atoms with van der Waals surface area (Å²) in [5.41, 5.74) is 1.99. The average molecular weight is 411 g/mol. The Morgan fingerprint density at radius 2 is 1.82 bits per heavy atom. The van der Waals surface area contributed by atoms with Crippen LogP contribution in [0.2, 0.25) is 0 Å². The fourth-order valence-electron chi connectivity index (χ4n) is 3.81. The normalized spacial score (nSPS) is 22.2. The molecule has 0 radical (unpaired) electrons. The van der Waals surface area contributed by atoms with E-state index in [1.807, 2.05) is 19.9 Å². The fourth-order valence-corrected chi connectivity index (χ4v) is 5.33. The highest BCUT2D eigenvalue weighted by Crippen LogP contribution is 2.19. The summed E-state index contributed by atoms with van der Waals surface area (Å²) in [7, 11) is -2.02. The van der Waals surface area contributed by atoms with E-state index in [-0.39, 0.29) is 24.8 Å². The SMILES string of the molecule is COCCN1C(=O)C[C@@H]([NH+]2CCN(S(=O)(=O)c3ccc(C)c(C)c3)CC2)C1=O. The molecule has 1 aromatic rings. The van der Waals surface area contributed by atoms with Crippen LogP contribution in [0.4, 0.5) is 0 Å². The molecule has 0 spiro atoms. The number of carbonyl (C=O) groups excluding carboxylic acids is 2. The van der Waals surface area contributed by atoms with Gasteiger partial charge in [0.25, 0.3) is 5.91 Å². The van der Waals surface area contributed by atoms with E-state index in [0.29, 0.717) is 37.7 Å². The van der Waals surface area contributed by atoms with Gasteiger partial charge in [-0.15, -0.1) is 0 Å². The number of sulfonamides is 1. The van der Waals surface area contributed by atoms with Crippen LogP contribution in [0.1, 0.15) is 17.5 Å². The summed E-state index contributed by atoms with van der Waals surface area (Å²) >= 11 is 0. The monoisotopic (exact) mass is 410 g/mol. The van der Waals surface area contributed by atoms with E-state index in [4.69, 9.17) is 4.74 Å². The van der Waals surface area contributed by atoms with Gasteiger partial charge in [0.2, 0.25) is 15.9 Å². The highest BCUT2D eigenvalue weighted by Gasteiger charge is 2.46. The smallest absolute Gasteiger partial charge is 0.288 e. The number of piperazine rings is 1. The Morgan fingerprint density at radius 1 is 1.14 bits per heavy atom. The number of nitrogens with one attached hydrogen (secondary N) is 1. The van der Waals surface area contributed by atoms with Crippen molar-refractivity contribution in [3.8, 4) is 0 Å². The Kier molecular flexibility index (Phi) is 6.18. The van der Waals surface area contributed by atoms with E-state index in [1.54, 1.807) is 12.1 Å². The molecule has 0 saturated carbocycles. The largest absolute Gasteiger partial charge is 0.383 e. The first-order valence-electron chi connectivity index (χ1n) is 9.51. The average Bonchev–Trinajstić information content (AvgIpc) is 2.96. The maximum absolute atomic E-state index is 12.9. The molecule has 1 atom stereocenters. The van der Waals surface area contributed by atoms with Crippen LogP contribution < -0.4 is 4.90 Å². The van der Waals surface area contributed by atoms with Crippen LogP contribution in [0.3, 0.4) is 0 Å². The molecule has 2 fully saturated rings. The third kappa shape index (κ3) is 3.98. The lowest BCUT2D eigenvalue weighted by Gasteiger charge is -2.33. The zero-order chi connectivity index (χ0) is 20.5. The van der Waals surface area contributed by atoms with Gasteiger partial charge in [-0.2, -0.15) is 4.31 Å². The van der Waals surface area contributed by atoms with Gasteiger partial charge >= 0.3 is 0 Å². The Hall–Kier alpha value is -1.81. The van der Waals surface area contributed by atoms with Gasteiger partial charge in [0, 0.05) is 7.11 Å². The number of imide groups is 1. The lowest BCUT2D eigenvalue weighted by molar-refractivity contribution is -0.918. The van der Waals surface area contributed by atoms with Gasteiger partial charge in [-0.1, -0.05) is 6.07 Å². The van der Waals surface area contributed by atoms with Crippen molar-refractivity contribution in [3.05, 3.63) is 29.3 Å². The molecule has 28 heavy (non-hydrogen) atoms. The zero-order valence-corrected chi connectivity index (χ0v) is 17.4. The number of carbonyl (C=O) groups is 2. The number of ether oxygens (including phenoxy) is 1. The minimum absolute atomic E-state index is 0.176. The third-order valence-electron chi connectivity index (χ3n) is 5.74. The van der Waals surface area contributed by atoms with Crippen LogP contribution in [0, 0.1) is 13.8 Å². The first-order chi connectivity index (χ1) is 13.3. The number of likely N-dealkylation sites (tertiary alicyclic amines) is 1. The van der Waals surface area contributed by atoms with Crippen LogP contribution >= 0.6 is 0 Å². The van der Waals surface area contributed by atoms with Crippen molar-refractivity contribution in [1.29, 1.82) is 0 Å². The zero-order valence-electron chi connectivity index (χ0n) is 16.6. The molecular weight excluding hydrogens is 382 g/mol. The lowest BCUT2D eigenvalue weighted by atomic mass is 10.1. The molecular formula is C19H28N3O5S+. The van der Waals surface area contributed by atoms with E-state index >= 15 is 0 Å². The number of nitrogens with zero attached hydrogens (tertiary/aromatic N) is 2. The number of aryl methyl sites for hydroxylation is 2. The maximum Gasteiger partial charge on any atom is 0.288 e. The summed E-state index contributed by atoms with van der Waals surface area (Å²) in [5, 5.41) is 0. The standard InChI is InChI=1S/C19H27N3O5S/c1-14-4-5-16(12-15(14)2)28(25,26)21-8-6-20(7-9-21)17-13-18(23)22(19(17)24)10-11-27-3/h4-5,12,17H,6-11,13H2,1-3H3/p+1/t17-/m1/s1. The summed E-state index contributed by atoms with van der Waals surface area (Å²) in [4.78, 5) is 27.3. The van der Waals surface area contributed by atoms with Gasteiger partial charge in [-0.25, -0.2) is 8.42 Å². The molecule has 154 valence electrons. The molecule has 3 rings (SSSR count). The molecule has 0 aliphatic carbocycles. The summed E-state index contributed by atoms with van der Waals surface area (Å²) < 4.78 is 32.3. The van der Waals surface area contributed by atoms with Crippen LogP contribution in [-0.2, 0) is 24.3 Å². The molecule has 2 heterocycles. The van der Waals surface area contributed by atoms with Gasteiger partial charge in [0.15, 0.2) is 6.04 Å². The Labute approximate surface area is 166 Å². The highest BCUT2D eigenvalue weighted by molar-refractivity contribution is 7.89. The number of hydrogen-bond acceptors (Lipinski definition) is 5. The number of quaternary nitrogens is 1. The molecule has 0 aromatic heterocycles. The summed E-state index contributed by atoms with van der Waals surface area (Å²) in [6, 6.07) is 4.75. The van der Waals surface area contributed by atoms with E-state index in [9.17, 15) is 18.0 Å². The summed E-state index contributed by atoms with van der Waals surface area (Å²) in [6.07, 6.45) is 0.182. The number of methoxy groups -OCH3 is 1. The Morgan fingerprint density at radius 3 is 2.43 bits per heavy atom. The fraction of sp³-hybridized carbons (Fsp3) is 0.579. The van der Waals surface area contributed by atoms with Crippen molar-refractivity contribution in [2.75, 3.05) is 46.4 Å². The number of rotatable bonds is 6. The lowest BCUT2D eigenvalue weighted by Crippen LogP contribution is -3.19. The summed E-state index contributed by atoms with van der Waals surface area (Å²) in [5.74, 6) is -0.354. The van der Waals surface area contributed by atoms with E-state index in [2.05, 4.69) is 0 Å². The van der Waals surface area contributed by atoms with Gasteiger partial charge in [-0.05, 0) is 37.1 Å². The molecule has 2 aliphatic rings. The molecule has 2 aliphatic heterocycles. The first-order valence-corrected chi connectivity index (χ1v) is 10.9. The number of hydrogen-bond donors (Lipinski definition) is 1. The van der Waals surface area contributed by atoms with Crippen molar-refractivity contribution < 1.29 is 27.6 Å². The molecule has 8 nitrogen and oxygen atoms in total. The van der Waals surface area contributed by atoms with E-state index < -0.39 is 16.1 Å². The predicted octanol–water partition coefficient (Wildman–Crippen LogP) is -1.03. The molecule has 2 saturated heterocycles. The van der Waals surface area contributed by atoms with Crippen LogP contribution in [0.25, 0.3) is 0 Å². The van der Waals surface area contributed by atoms with Gasteiger partial charge in [0.05, 0.1) is 50.6 Å². The number of benzene rings is 1. The molecule has 1 aromatic carbocycles. The second-order valence-electron chi connectivity index (χ2n) is 7.44. The van der Waals surface area contributed by atoms with Crippen LogP contribution in [0.5, 0.6) is 0 Å². The number of amides is 2. The third-order valence-corrected chi connectivity index (χ3v) is 7.63. The molecule has 1 N–H and O–H groups in total. The Balaban J connectivity index is 1.65. The second kappa shape index (κ2) is 8.28. The van der Waals surface area contributed by atoms with Gasteiger partial charge in [0.1, 0.15) is 0 Å². The Bertz CT molecular complexity index is 862. The minimum atomic E-state index is -3.55. The van der Waals surface area contributed by atoms with Crippen molar-refractivity contribution in [2.24, 2.45) is 0 Å². The van der Waals surface area contributed by atoms with E-state index in [0.717, 1.165) is 16.0 Å². The van der Waals surface area contributed by atoms with Crippen molar-refractivity contribution in [1.82, 2.24) is 9.21 Å². The summed E-state index contributed by atoms with van der Waals surface area (Å²) in [6.45, 7) is 6.12. The molecule has 9 heteroatoms. The molecule has 2 amide bonds. The van der Waals surface area contributed by atoms with E-state index in [1.165, 1.54) is 16.3 Å². The quantitative estimate of drug-likeness (QED) is 0.606. The second-order valence-corrected chi connectivity index (χ2v) is 9.38. The first kappa shape index (κ1) is 20.9. The van der Waals surface area contributed by atoms with Crippen LogP contribution in [0.15, 0.2) is 23.1 Å². The van der Waals surface area contributed by atoms with Crippen LogP contribution in [-0.4, -0.2) is 81.9 Å². The highest BCUT2D eigenvalue weighted by atomic mass is 32.2. The van der Waals surface area contributed by atoms with Crippen molar-refractivity contribution >= 4 is 21.8 Å². The molecule has 0 bridgehead atoms. The maximum atomic E-state index is 12.9. The van der Waals surface area contributed by atoms with Crippen molar-refractivity contribution in [3.63, 3.8) is 0 Å². The molecule has 0 unspecified atom stereocenters. The minimum Gasteiger partial charge on any atom is -0.383 e. The van der Waals surface area contributed by atoms with Crippen molar-refractivity contribution in [2.45, 2.75) is 31.2 Å². The van der Waals surface area contributed by atoms with Gasteiger partial charge in [-0.3, -0.25) is 14.5 Å². The topological polar surface area (TPSA) is 88.4 Å².